The predicted octanol–water partition coefficient (Wildman–Crippen LogP) is 1.43. The van der Waals surface area contributed by atoms with Gasteiger partial charge in [0, 0.05) is 37.1 Å². The summed E-state index contributed by atoms with van der Waals surface area (Å²) in [5.41, 5.74) is 0.320. The highest BCUT2D eigenvalue weighted by molar-refractivity contribution is 5.11. The van der Waals surface area contributed by atoms with Gasteiger partial charge in [0.1, 0.15) is 0 Å². The van der Waals surface area contributed by atoms with Crippen LogP contribution in [-0.4, -0.2) is 38.5 Å². The van der Waals surface area contributed by atoms with E-state index < -0.39 is 0 Å². The first-order chi connectivity index (χ1) is 7.69. The molecule has 0 radical (unpaired) electrons. The van der Waals surface area contributed by atoms with Gasteiger partial charge in [0.2, 0.25) is 0 Å². The van der Waals surface area contributed by atoms with Gasteiger partial charge in [-0.25, -0.2) is 0 Å². The van der Waals surface area contributed by atoms with Crippen molar-refractivity contribution in [2.45, 2.75) is 38.8 Å². The fourth-order valence-electron chi connectivity index (χ4n) is 3.78. The van der Waals surface area contributed by atoms with E-state index in [2.05, 4.69) is 19.2 Å². The summed E-state index contributed by atoms with van der Waals surface area (Å²) in [7, 11) is 0. The van der Waals surface area contributed by atoms with Crippen molar-refractivity contribution in [2.24, 2.45) is 17.3 Å². The maximum absolute atomic E-state index is 5.80. The van der Waals surface area contributed by atoms with Crippen LogP contribution in [0.2, 0.25) is 0 Å². The third-order valence-corrected chi connectivity index (χ3v) is 4.75. The molecule has 1 aliphatic carbocycles. The van der Waals surface area contributed by atoms with Crippen LogP contribution in [0.1, 0.15) is 26.7 Å². The summed E-state index contributed by atoms with van der Waals surface area (Å²) >= 11 is 0. The van der Waals surface area contributed by atoms with Crippen molar-refractivity contribution in [2.75, 3.05) is 26.4 Å². The molecule has 3 nitrogen and oxygen atoms in total. The maximum atomic E-state index is 5.80. The van der Waals surface area contributed by atoms with E-state index >= 15 is 0 Å². The summed E-state index contributed by atoms with van der Waals surface area (Å²) in [6.07, 6.45) is 2.97. The molecule has 3 rings (SSSR count). The van der Waals surface area contributed by atoms with Gasteiger partial charge in [0.25, 0.3) is 0 Å². The van der Waals surface area contributed by atoms with E-state index in [-0.39, 0.29) is 0 Å². The molecule has 2 aliphatic heterocycles. The van der Waals surface area contributed by atoms with Crippen molar-refractivity contribution < 1.29 is 9.47 Å². The minimum atomic E-state index is 0.320. The van der Waals surface area contributed by atoms with Gasteiger partial charge in [-0.1, -0.05) is 13.8 Å². The van der Waals surface area contributed by atoms with Crippen LogP contribution in [0, 0.1) is 17.3 Å². The van der Waals surface area contributed by atoms with Crippen molar-refractivity contribution in [1.82, 2.24) is 5.32 Å². The second-order valence-corrected chi connectivity index (χ2v) is 6.18. The SMILES string of the molecule is CC1(C)C(NCC2CCOC2)C2CCOC21. The Labute approximate surface area is 97.9 Å². The third-order valence-electron chi connectivity index (χ3n) is 4.75. The van der Waals surface area contributed by atoms with Gasteiger partial charge < -0.3 is 14.8 Å². The summed E-state index contributed by atoms with van der Waals surface area (Å²) in [5.74, 6) is 1.49. The van der Waals surface area contributed by atoms with E-state index in [0.29, 0.717) is 17.6 Å². The zero-order valence-corrected chi connectivity index (χ0v) is 10.4. The highest BCUT2D eigenvalue weighted by Crippen LogP contribution is 2.52. The van der Waals surface area contributed by atoms with E-state index in [1.54, 1.807) is 0 Å². The molecule has 3 fully saturated rings. The van der Waals surface area contributed by atoms with Gasteiger partial charge in [-0.2, -0.15) is 0 Å². The minimum Gasteiger partial charge on any atom is -0.381 e. The Hall–Kier alpha value is -0.120. The lowest BCUT2D eigenvalue weighted by atomic mass is 9.57. The van der Waals surface area contributed by atoms with Gasteiger partial charge in [-0.15, -0.1) is 0 Å². The molecule has 0 bridgehead atoms. The largest absolute Gasteiger partial charge is 0.381 e. The maximum Gasteiger partial charge on any atom is 0.0685 e. The Balaban J connectivity index is 1.54. The van der Waals surface area contributed by atoms with Crippen molar-refractivity contribution in [3.63, 3.8) is 0 Å². The number of nitrogens with one attached hydrogen (secondary N) is 1. The first-order valence-corrected chi connectivity index (χ1v) is 6.62. The molecule has 16 heavy (non-hydrogen) atoms. The van der Waals surface area contributed by atoms with Crippen LogP contribution in [0.4, 0.5) is 0 Å². The summed E-state index contributed by atoms with van der Waals surface area (Å²) in [5, 5.41) is 3.76. The minimum absolute atomic E-state index is 0.320. The van der Waals surface area contributed by atoms with Crippen LogP contribution in [0.25, 0.3) is 0 Å². The molecule has 1 N–H and O–H groups in total. The number of hydrogen-bond donors (Lipinski definition) is 1. The quantitative estimate of drug-likeness (QED) is 0.788. The first kappa shape index (κ1) is 11.0. The third kappa shape index (κ3) is 1.60. The van der Waals surface area contributed by atoms with Crippen LogP contribution in [0.15, 0.2) is 0 Å². The summed E-state index contributed by atoms with van der Waals surface area (Å²) in [4.78, 5) is 0. The average molecular weight is 225 g/mol. The van der Waals surface area contributed by atoms with E-state index in [4.69, 9.17) is 9.47 Å². The van der Waals surface area contributed by atoms with Crippen molar-refractivity contribution in [1.29, 1.82) is 0 Å². The molecule has 3 heteroatoms. The lowest BCUT2D eigenvalue weighted by Gasteiger charge is -2.55. The molecule has 0 aromatic heterocycles. The van der Waals surface area contributed by atoms with E-state index in [9.17, 15) is 0 Å². The summed E-state index contributed by atoms with van der Waals surface area (Å²) in [6.45, 7) is 8.66. The number of rotatable bonds is 3. The van der Waals surface area contributed by atoms with Crippen molar-refractivity contribution in [3.8, 4) is 0 Å². The molecular weight excluding hydrogens is 202 g/mol. The Morgan fingerprint density at radius 1 is 1.25 bits per heavy atom. The molecule has 2 saturated heterocycles. The number of fused-ring (bicyclic) bond motifs is 1. The Kier molecular flexibility index (Phi) is 2.73. The predicted molar refractivity (Wildman–Crippen MR) is 62.3 cm³/mol. The fourth-order valence-corrected chi connectivity index (χ4v) is 3.78. The Morgan fingerprint density at radius 3 is 2.88 bits per heavy atom. The van der Waals surface area contributed by atoms with Crippen molar-refractivity contribution in [3.05, 3.63) is 0 Å². The molecule has 92 valence electrons. The molecule has 0 amide bonds. The molecule has 0 aromatic carbocycles. The Morgan fingerprint density at radius 2 is 2.12 bits per heavy atom. The van der Waals surface area contributed by atoms with Gasteiger partial charge in [-0.05, 0) is 18.8 Å². The fraction of sp³-hybridized carbons (Fsp3) is 1.00. The lowest BCUT2D eigenvalue weighted by Crippen LogP contribution is -2.66. The van der Waals surface area contributed by atoms with Crippen LogP contribution in [0.5, 0.6) is 0 Å². The lowest BCUT2D eigenvalue weighted by molar-refractivity contribution is -0.113. The molecule has 3 aliphatic rings. The van der Waals surface area contributed by atoms with E-state index in [0.717, 1.165) is 38.2 Å². The molecule has 4 unspecified atom stereocenters. The zero-order chi connectivity index (χ0) is 11.2. The smallest absolute Gasteiger partial charge is 0.0685 e. The van der Waals surface area contributed by atoms with Gasteiger partial charge in [-0.3, -0.25) is 0 Å². The topological polar surface area (TPSA) is 30.5 Å². The Bertz CT molecular complexity index is 261. The van der Waals surface area contributed by atoms with Crippen LogP contribution >= 0.6 is 0 Å². The van der Waals surface area contributed by atoms with Crippen LogP contribution in [0.3, 0.4) is 0 Å². The van der Waals surface area contributed by atoms with Gasteiger partial charge in [0.05, 0.1) is 12.7 Å². The highest BCUT2D eigenvalue weighted by Gasteiger charge is 2.58. The summed E-state index contributed by atoms with van der Waals surface area (Å²) in [6, 6.07) is 0.653. The second-order valence-electron chi connectivity index (χ2n) is 6.18. The van der Waals surface area contributed by atoms with Gasteiger partial charge in [0.15, 0.2) is 0 Å². The monoisotopic (exact) mass is 225 g/mol. The molecule has 2 heterocycles. The number of hydrogen-bond acceptors (Lipinski definition) is 3. The summed E-state index contributed by atoms with van der Waals surface area (Å²) < 4.78 is 11.2. The van der Waals surface area contributed by atoms with Crippen LogP contribution in [-0.2, 0) is 9.47 Å². The molecular formula is C13H23NO2. The average Bonchev–Trinajstić information content (AvgIpc) is 2.86. The van der Waals surface area contributed by atoms with Gasteiger partial charge >= 0.3 is 0 Å². The zero-order valence-electron chi connectivity index (χ0n) is 10.4. The first-order valence-electron chi connectivity index (χ1n) is 6.62. The number of ether oxygens (including phenoxy) is 2. The molecule has 0 spiro atoms. The van der Waals surface area contributed by atoms with E-state index in [1.807, 2.05) is 0 Å². The molecule has 1 saturated carbocycles. The molecule has 0 aromatic rings. The van der Waals surface area contributed by atoms with E-state index in [1.165, 1.54) is 12.8 Å². The van der Waals surface area contributed by atoms with Crippen LogP contribution < -0.4 is 5.32 Å². The second kappa shape index (κ2) is 3.97. The van der Waals surface area contributed by atoms with Crippen molar-refractivity contribution >= 4 is 0 Å². The highest BCUT2D eigenvalue weighted by atomic mass is 16.5. The molecule has 4 atom stereocenters. The normalized spacial score (nSPS) is 45.4. The standard InChI is InChI=1S/C13H23NO2/c1-13(2)11(10-4-6-16-12(10)13)14-7-9-3-5-15-8-9/h9-12,14H,3-8H2,1-2H3.